The number of hydrogen-bond acceptors (Lipinski definition) is 3. The summed E-state index contributed by atoms with van der Waals surface area (Å²) in [5.74, 6) is -0.788. The molecule has 1 aliphatic rings. The summed E-state index contributed by atoms with van der Waals surface area (Å²) >= 11 is 1.38. The molecule has 0 spiro atoms. The quantitative estimate of drug-likeness (QED) is 0.739. The highest BCUT2D eigenvalue weighted by molar-refractivity contribution is 8.01. The molecule has 3 nitrogen and oxygen atoms in total. The van der Waals surface area contributed by atoms with Crippen LogP contribution < -0.4 is 4.90 Å². The molecule has 1 heterocycles. The highest BCUT2D eigenvalue weighted by Gasteiger charge is 2.32. The van der Waals surface area contributed by atoms with Gasteiger partial charge in [-0.3, -0.25) is 0 Å². The number of thioether (sulfide) groups is 1. The van der Waals surface area contributed by atoms with Gasteiger partial charge in [-0.25, -0.2) is 4.79 Å². The van der Waals surface area contributed by atoms with Gasteiger partial charge in [-0.15, -0.1) is 0 Å². The second-order valence-electron chi connectivity index (χ2n) is 2.89. The van der Waals surface area contributed by atoms with Gasteiger partial charge in [0.1, 0.15) is 0 Å². The maximum atomic E-state index is 10.8. The smallest absolute Gasteiger partial charge is 0.337 e. The molecule has 1 aromatic carbocycles. The van der Waals surface area contributed by atoms with Gasteiger partial charge in [-0.1, -0.05) is 23.9 Å². The Morgan fingerprint density at radius 2 is 2.23 bits per heavy atom. The van der Waals surface area contributed by atoms with Crippen molar-refractivity contribution in [2.24, 2.45) is 0 Å². The van der Waals surface area contributed by atoms with Gasteiger partial charge in [-0.05, 0) is 12.1 Å². The molecule has 0 aromatic heterocycles. The zero-order valence-corrected chi connectivity index (χ0v) is 7.91. The Morgan fingerprint density at radius 1 is 1.54 bits per heavy atom. The number of rotatable bonds is 1. The van der Waals surface area contributed by atoms with Crippen LogP contribution in [0, 0.1) is 0 Å². The van der Waals surface area contributed by atoms with E-state index in [0.29, 0.717) is 0 Å². The molecule has 0 fully saturated rings. The van der Waals surface area contributed by atoms with Crippen molar-refractivity contribution in [2.75, 3.05) is 11.9 Å². The van der Waals surface area contributed by atoms with E-state index in [9.17, 15) is 4.79 Å². The summed E-state index contributed by atoms with van der Waals surface area (Å²) in [5.41, 5.74) is 1.000. The maximum absolute atomic E-state index is 10.8. The summed E-state index contributed by atoms with van der Waals surface area (Å²) in [6.45, 7) is 0. The third-order valence-electron chi connectivity index (χ3n) is 2.05. The Bertz CT molecular complexity index is 353. The van der Waals surface area contributed by atoms with Gasteiger partial charge >= 0.3 is 5.97 Å². The monoisotopic (exact) mass is 195 g/mol. The first-order valence-corrected chi connectivity index (χ1v) is 4.79. The number of likely N-dealkylation sites (N-methyl/N-ethyl adjacent to an activating group) is 1. The first-order chi connectivity index (χ1) is 6.20. The fourth-order valence-electron chi connectivity index (χ4n) is 1.39. The molecule has 0 saturated heterocycles. The van der Waals surface area contributed by atoms with E-state index in [1.54, 1.807) is 11.9 Å². The molecule has 1 N–H and O–H groups in total. The van der Waals surface area contributed by atoms with Crippen LogP contribution in [0.5, 0.6) is 0 Å². The van der Waals surface area contributed by atoms with Crippen molar-refractivity contribution in [3.63, 3.8) is 0 Å². The van der Waals surface area contributed by atoms with E-state index in [1.807, 2.05) is 24.3 Å². The molecular formula is C9H9NO2S. The average Bonchev–Trinajstić information content (AvgIpc) is 2.45. The van der Waals surface area contributed by atoms with Gasteiger partial charge in [0.05, 0.1) is 5.69 Å². The summed E-state index contributed by atoms with van der Waals surface area (Å²) in [5, 5.41) is 8.42. The lowest BCUT2D eigenvalue weighted by atomic mass is 10.3. The third-order valence-corrected chi connectivity index (χ3v) is 3.39. The molecule has 0 saturated carbocycles. The van der Waals surface area contributed by atoms with E-state index in [2.05, 4.69) is 0 Å². The summed E-state index contributed by atoms with van der Waals surface area (Å²) in [6.07, 6.45) is 0. The van der Waals surface area contributed by atoms with Crippen LogP contribution in [0.1, 0.15) is 0 Å². The molecule has 13 heavy (non-hydrogen) atoms. The van der Waals surface area contributed by atoms with Crippen molar-refractivity contribution in [3.8, 4) is 0 Å². The zero-order chi connectivity index (χ0) is 9.42. The minimum atomic E-state index is -0.788. The summed E-state index contributed by atoms with van der Waals surface area (Å²) in [6, 6.07) is 7.72. The average molecular weight is 195 g/mol. The first-order valence-electron chi connectivity index (χ1n) is 3.91. The second kappa shape index (κ2) is 2.96. The Hall–Kier alpha value is -1.16. The lowest BCUT2D eigenvalue weighted by Gasteiger charge is -2.16. The lowest BCUT2D eigenvalue weighted by Crippen LogP contribution is -2.31. The molecule has 1 atom stereocenters. The number of para-hydroxylation sites is 1. The molecule has 2 rings (SSSR count). The van der Waals surface area contributed by atoms with Crippen LogP contribution in [0.15, 0.2) is 29.2 Å². The molecule has 1 unspecified atom stereocenters. The van der Waals surface area contributed by atoms with Crippen LogP contribution in [0.25, 0.3) is 0 Å². The van der Waals surface area contributed by atoms with Crippen molar-refractivity contribution in [1.82, 2.24) is 0 Å². The molecule has 68 valence electrons. The summed E-state index contributed by atoms with van der Waals surface area (Å²) < 4.78 is 0. The van der Waals surface area contributed by atoms with Crippen LogP contribution in [0.4, 0.5) is 5.69 Å². The number of benzene rings is 1. The number of carbonyl (C=O) groups is 1. The standard InChI is InChI=1S/C9H9NO2S/c1-10-6-4-2-3-5-7(6)13-8(10)9(11)12/h2-5,8H,1H3,(H,11,12). The lowest BCUT2D eigenvalue weighted by molar-refractivity contribution is -0.136. The van der Waals surface area contributed by atoms with Crippen molar-refractivity contribution < 1.29 is 9.90 Å². The number of fused-ring (bicyclic) bond motifs is 1. The molecule has 0 aliphatic carbocycles. The molecule has 0 radical (unpaired) electrons. The number of nitrogens with zero attached hydrogens (tertiary/aromatic N) is 1. The van der Waals surface area contributed by atoms with Crippen molar-refractivity contribution in [2.45, 2.75) is 10.3 Å². The first kappa shape index (κ1) is 8.44. The number of carboxylic acids is 1. The third kappa shape index (κ3) is 1.27. The van der Waals surface area contributed by atoms with Gasteiger partial charge in [0.2, 0.25) is 0 Å². The minimum absolute atomic E-state index is 0.475. The van der Waals surface area contributed by atoms with E-state index in [1.165, 1.54) is 11.8 Å². The number of carboxylic acid groups (broad SMARTS) is 1. The van der Waals surface area contributed by atoms with Crippen molar-refractivity contribution in [3.05, 3.63) is 24.3 Å². The minimum Gasteiger partial charge on any atom is -0.479 e. The fourth-order valence-corrected chi connectivity index (χ4v) is 2.49. The molecule has 1 aliphatic heterocycles. The molecule has 4 heteroatoms. The zero-order valence-electron chi connectivity index (χ0n) is 7.10. The highest BCUT2D eigenvalue weighted by atomic mass is 32.2. The number of hydrogen-bond donors (Lipinski definition) is 1. The van der Waals surface area contributed by atoms with E-state index < -0.39 is 11.3 Å². The molecular weight excluding hydrogens is 186 g/mol. The van der Waals surface area contributed by atoms with Gasteiger partial charge in [-0.2, -0.15) is 0 Å². The van der Waals surface area contributed by atoms with Crippen LogP contribution >= 0.6 is 11.8 Å². The summed E-state index contributed by atoms with van der Waals surface area (Å²) in [4.78, 5) is 13.6. The topological polar surface area (TPSA) is 40.5 Å². The van der Waals surface area contributed by atoms with Gasteiger partial charge in [0.25, 0.3) is 0 Å². The van der Waals surface area contributed by atoms with E-state index in [4.69, 9.17) is 5.11 Å². The second-order valence-corrected chi connectivity index (χ2v) is 4.01. The van der Waals surface area contributed by atoms with Crippen molar-refractivity contribution in [1.29, 1.82) is 0 Å². The Labute approximate surface area is 80.4 Å². The maximum Gasteiger partial charge on any atom is 0.337 e. The highest BCUT2D eigenvalue weighted by Crippen LogP contribution is 2.41. The van der Waals surface area contributed by atoms with Gasteiger partial charge in [0, 0.05) is 11.9 Å². The Kier molecular flexibility index (Phi) is 1.92. The molecule has 0 bridgehead atoms. The normalized spacial score (nSPS) is 20.1. The number of aliphatic carboxylic acids is 1. The predicted octanol–water partition coefficient (Wildman–Crippen LogP) is 1.64. The van der Waals surface area contributed by atoms with Crippen LogP contribution in [0.2, 0.25) is 0 Å². The predicted molar refractivity (Wildman–Crippen MR) is 52.1 cm³/mol. The van der Waals surface area contributed by atoms with Crippen molar-refractivity contribution >= 4 is 23.4 Å². The molecule has 1 aromatic rings. The van der Waals surface area contributed by atoms with Gasteiger partial charge < -0.3 is 10.0 Å². The van der Waals surface area contributed by atoms with Crippen LogP contribution in [0.3, 0.4) is 0 Å². The van der Waals surface area contributed by atoms with Gasteiger partial charge in [0.15, 0.2) is 5.37 Å². The van der Waals surface area contributed by atoms with E-state index >= 15 is 0 Å². The fraction of sp³-hybridized carbons (Fsp3) is 0.222. The SMILES string of the molecule is CN1c2ccccc2SC1C(=O)O. The van der Waals surface area contributed by atoms with Crippen LogP contribution in [-0.2, 0) is 4.79 Å². The Morgan fingerprint density at radius 3 is 2.85 bits per heavy atom. The number of anilines is 1. The van der Waals surface area contributed by atoms with Crippen LogP contribution in [-0.4, -0.2) is 23.5 Å². The largest absolute Gasteiger partial charge is 0.479 e. The Balaban J connectivity index is 2.38. The van der Waals surface area contributed by atoms with E-state index in [0.717, 1.165) is 10.6 Å². The molecule has 0 amide bonds. The van der Waals surface area contributed by atoms with E-state index in [-0.39, 0.29) is 0 Å². The summed E-state index contributed by atoms with van der Waals surface area (Å²) in [7, 11) is 1.80.